The van der Waals surface area contributed by atoms with Gasteiger partial charge in [0.1, 0.15) is 11.6 Å². The highest BCUT2D eigenvalue weighted by atomic mass is 15.3. The molecule has 0 fully saturated rings. The second-order valence-electron chi connectivity index (χ2n) is 4.18. The lowest BCUT2D eigenvalue weighted by Crippen LogP contribution is -2.25. The van der Waals surface area contributed by atoms with E-state index >= 15 is 0 Å². The Morgan fingerprint density at radius 2 is 2.12 bits per heavy atom. The van der Waals surface area contributed by atoms with Gasteiger partial charge in [0.05, 0.1) is 6.54 Å². The Labute approximate surface area is 103 Å². The maximum absolute atomic E-state index is 5.38. The largest absolute Gasteiger partial charge is 0.308 e. The molecule has 1 rings (SSSR count). The van der Waals surface area contributed by atoms with Crippen molar-refractivity contribution in [3.05, 3.63) is 17.6 Å². The van der Waals surface area contributed by atoms with Gasteiger partial charge in [-0.2, -0.15) is 0 Å². The zero-order chi connectivity index (χ0) is 12.7. The number of nitrogen functional groups attached to an aromatic ring is 1. The number of rotatable bonds is 7. The van der Waals surface area contributed by atoms with E-state index in [1.807, 2.05) is 13.0 Å². The highest BCUT2D eigenvalue weighted by Crippen LogP contribution is 2.07. The van der Waals surface area contributed by atoms with E-state index in [2.05, 4.69) is 34.1 Å². The zero-order valence-electron chi connectivity index (χ0n) is 11.0. The molecule has 0 amide bonds. The molecular formula is C12H23N5. The van der Waals surface area contributed by atoms with E-state index in [-0.39, 0.29) is 0 Å². The van der Waals surface area contributed by atoms with Gasteiger partial charge in [-0.1, -0.05) is 20.3 Å². The molecule has 3 N–H and O–H groups in total. The SMILES string of the molecule is CCCCN(CC)Cc1nc(C)cc(NN)n1. The van der Waals surface area contributed by atoms with Crippen LogP contribution in [-0.2, 0) is 6.54 Å². The Morgan fingerprint density at radius 3 is 2.71 bits per heavy atom. The van der Waals surface area contributed by atoms with Crippen LogP contribution in [-0.4, -0.2) is 28.0 Å². The summed E-state index contributed by atoms with van der Waals surface area (Å²) in [6.07, 6.45) is 2.42. The maximum atomic E-state index is 5.38. The fourth-order valence-corrected chi connectivity index (χ4v) is 1.71. The standard InChI is InChI=1S/C12H23N5/c1-4-6-7-17(5-2)9-12-14-10(3)8-11(15-12)16-13/h8H,4-7,9,13H2,1-3H3,(H,14,15,16). The molecule has 96 valence electrons. The summed E-state index contributed by atoms with van der Waals surface area (Å²) in [4.78, 5) is 11.1. The minimum absolute atomic E-state index is 0.680. The summed E-state index contributed by atoms with van der Waals surface area (Å²) in [5.41, 5.74) is 3.51. The first-order valence-electron chi connectivity index (χ1n) is 6.23. The lowest BCUT2D eigenvalue weighted by Gasteiger charge is -2.19. The van der Waals surface area contributed by atoms with Crippen LogP contribution in [0.4, 0.5) is 5.82 Å². The van der Waals surface area contributed by atoms with Crippen LogP contribution in [0.1, 0.15) is 38.2 Å². The molecule has 0 spiro atoms. The number of hydrogen-bond acceptors (Lipinski definition) is 5. The quantitative estimate of drug-likeness (QED) is 0.558. The van der Waals surface area contributed by atoms with Crippen molar-refractivity contribution in [3.63, 3.8) is 0 Å². The van der Waals surface area contributed by atoms with Crippen LogP contribution in [0.3, 0.4) is 0 Å². The Bertz CT molecular complexity index is 340. The molecule has 0 atom stereocenters. The summed E-state index contributed by atoms with van der Waals surface area (Å²) >= 11 is 0. The van der Waals surface area contributed by atoms with Gasteiger partial charge < -0.3 is 5.43 Å². The van der Waals surface area contributed by atoms with Crippen LogP contribution in [0.25, 0.3) is 0 Å². The number of nitrogens with two attached hydrogens (primary N) is 1. The number of anilines is 1. The van der Waals surface area contributed by atoms with Gasteiger partial charge in [-0.25, -0.2) is 15.8 Å². The Hall–Kier alpha value is -1.20. The van der Waals surface area contributed by atoms with Crippen molar-refractivity contribution in [1.82, 2.24) is 14.9 Å². The van der Waals surface area contributed by atoms with Crippen molar-refractivity contribution in [1.29, 1.82) is 0 Å². The smallest absolute Gasteiger partial charge is 0.145 e. The lowest BCUT2D eigenvalue weighted by molar-refractivity contribution is 0.268. The third-order valence-corrected chi connectivity index (χ3v) is 2.69. The van der Waals surface area contributed by atoms with Gasteiger partial charge in [-0.05, 0) is 26.4 Å². The molecule has 1 aromatic rings. The number of aromatic nitrogens is 2. The highest BCUT2D eigenvalue weighted by molar-refractivity contribution is 5.33. The van der Waals surface area contributed by atoms with Crippen molar-refractivity contribution >= 4 is 5.82 Å². The first-order valence-corrected chi connectivity index (χ1v) is 6.23. The summed E-state index contributed by atoms with van der Waals surface area (Å²) in [6, 6.07) is 1.84. The third kappa shape index (κ3) is 4.66. The van der Waals surface area contributed by atoms with E-state index < -0.39 is 0 Å². The predicted octanol–water partition coefficient (Wildman–Crippen LogP) is 1.69. The predicted molar refractivity (Wildman–Crippen MR) is 70.4 cm³/mol. The van der Waals surface area contributed by atoms with Gasteiger partial charge in [0.2, 0.25) is 0 Å². The van der Waals surface area contributed by atoms with Crippen molar-refractivity contribution in [2.24, 2.45) is 5.84 Å². The molecule has 0 aromatic carbocycles. The molecule has 0 aliphatic heterocycles. The summed E-state index contributed by atoms with van der Waals surface area (Å²) in [7, 11) is 0. The first-order chi connectivity index (χ1) is 8.19. The highest BCUT2D eigenvalue weighted by Gasteiger charge is 2.07. The van der Waals surface area contributed by atoms with E-state index in [1.165, 1.54) is 12.8 Å². The fraction of sp³-hybridized carbons (Fsp3) is 0.667. The van der Waals surface area contributed by atoms with E-state index in [1.54, 1.807) is 0 Å². The molecular weight excluding hydrogens is 214 g/mol. The Balaban J connectivity index is 2.68. The van der Waals surface area contributed by atoms with Gasteiger partial charge in [-0.15, -0.1) is 0 Å². The molecule has 5 nitrogen and oxygen atoms in total. The first kappa shape index (κ1) is 13.9. The van der Waals surface area contributed by atoms with Crippen LogP contribution in [0.2, 0.25) is 0 Å². The third-order valence-electron chi connectivity index (χ3n) is 2.69. The molecule has 0 bridgehead atoms. The molecule has 0 aliphatic rings. The van der Waals surface area contributed by atoms with Crippen LogP contribution in [0.15, 0.2) is 6.07 Å². The fourth-order valence-electron chi connectivity index (χ4n) is 1.71. The van der Waals surface area contributed by atoms with Crippen molar-refractivity contribution in [2.45, 2.75) is 40.2 Å². The van der Waals surface area contributed by atoms with Crippen LogP contribution >= 0.6 is 0 Å². The normalized spacial score (nSPS) is 10.9. The van der Waals surface area contributed by atoms with E-state index in [0.717, 1.165) is 31.2 Å². The van der Waals surface area contributed by atoms with Crippen molar-refractivity contribution in [3.8, 4) is 0 Å². The van der Waals surface area contributed by atoms with Gasteiger partial charge in [-0.3, -0.25) is 4.90 Å². The monoisotopic (exact) mass is 237 g/mol. The second kappa shape index (κ2) is 7.19. The van der Waals surface area contributed by atoms with Gasteiger partial charge in [0, 0.05) is 11.8 Å². The zero-order valence-corrected chi connectivity index (χ0v) is 11.0. The molecule has 17 heavy (non-hydrogen) atoms. The van der Waals surface area contributed by atoms with Crippen molar-refractivity contribution in [2.75, 3.05) is 18.5 Å². The number of hydrazine groups is 1. The topological polar surface area (TPSA) is 67.1 Å². The maximum Gasteiger partial charge on any atom is 0.145 e. The Morgan fingerprint density at radius 1 is 1.35 bits per heavy atom. The molecule has 1 aromatic heterocycles. The second-order valence-corrected chi connectivity index (χ2v) is 4.18. The molecule has 5 heteroatoms. The molecule has 0 saturated heterocycles. The van der Waals surface area contributed by atoms with Gasteiger partial charge >= 0.3 is 0 Å². The van der Waals surface area contributed by atoms with Crippen LogP contribution in [0, 0.1) is 6.92 Å². The molecule has 0 saturated carbocycles. The molecule has 1 heterocycles. The average Bonchev–Trinajstić information content (AvgIpc) is 2.33. The summed E-state index contributed by atoms with van der Waals surface area (Å²) in [5.74, 6) is 6.89. The number of aryl methyl sites for hydroxylation is 1. The van der Waals surface area contributed by atoms with Crippen molar-refractivity contribution < 1.29 is 0 Å². The number of hydrogen-bond donors (Lipinski definition) is 2. The summed E-state index contributed by atoms with van der Waals surface area (Å²) < 4.78 is 0. The number of unbranched alkanes of at least 4 members (excludes halogenated alkanes) is 1. The van der Waals surface area contributed by atoms with E-state index in [9.17, 15) is 0 Å². The number of nitrogens with one attached hydrogen (secondary N) is 1. The summed E-state index contributed by atoms with van der Waals surface area (Å²) in [6.45, 7) is 9.21. The van der Waals surface area contributed by atoms with E-state index in [4.69, 9.17) is 5.84 Å². The van der Waals surface area contributed by atoms with Crippen LogP contribution < -0.4 is 11.3 Å². The van der Waals surface area contributed by atoms with Crippen LogP contribution in [0.5, 0.6) is 0 Å². The number of nitrogens with zero attached hydrogens (tertiary/aromatic N) is 3. The lowest BCUT2D eigenvalue weighted by atomic mass is 10.3. The minimum atomic E-state index is 0.680. The molecule has 0 unspecified atom stereocenters. The van der Waals surface area contributed by atoms with E-state index in [0.29, 0.717) is 5.82 Å². The van der Waals surface area contributed by atoms with Gasteiger partial charge in [0.15, 0.2) is 0 Å². The van der Waals surface area contributed by atoms with Gasteiger partial charge in [0.25, 0.3) is 0 Å². The molecule has 0 radical (unpaired) electrons. The summed E-state index contributed by atoms with van der Waals surface area (Å²) in [5, 5.41) is 0. The molecule has 0 aliphatic carbocycles. The average molecular weight is 237 g/mol. The Kier molecular flexibility index (Phi) is 5.86. The minimum Gasteiger partial charge on any atom is -0.308 e.